The molecule has 3 aromatic rings. The van der Waals surface area contributed by atoms with Crippen molar-refractivity contribution in [2.75, 3.05) is 0 Å². The molecule has 0 atom stereocenters. The van der Waals surface area contributed by atoms with E-state index in [1.165, 1.54) is 17.3 Å². The molecule has 1 aromatic carbocycles. The molecular formula is C19H16N4OS. The van der Waals surface area contributed by atoms with E-state index in [1.807, 2.05) is 50.4 Å². The van der Waals surface area contributed by atoms with E-state index in [9.17, 15) is 4.79 Å². The lowest BCUT2D eigenvalue weighted by molar-refractivity contribution is -0.115. The number of hydrogen-bond donors (Lipinski definition) is 2. The van der Waals surface area contributed by atoms with Crippen LogP contribution in [0.1, 0.15) is 16.7 Å². The number of nitrogens with zero attached hydrogens (tertiary/aromatic N) is 2. The molecule has 1 fully saturated rings. The quantitative estimate of drug-likeness (QED) is 0.686. The van der Waals surface area contributed by atoms with Crippen LogP contribution in [-0.4, -0.2) is 21.0 Å². The molecule has 1 aliphatic rings. The predicted molar refractivity (Wildman–Crippen MR) is 103 cm³/mol. The maximum absolute atomic E-state index is 12.3. The number of pyridine rings is 1. The first-order valence-corrected chi connectivity index (χ1v) is 8.71. The number of aryl methyl sites for hydroxylation is 2. The lowest BCUT2D eigenvalue weighted by Gasteiger charge is -2.02. The van der Waals surface area contributed by atoms with Gasteiger partial charge in [0.05, 0.1) is 10.6 Å². The van der Waals surface area contributed by atoms with Gasteiger partial charge in [0.1, 0.15) is 5.65 Å². The Kier molecular flexibility index (Phi) is 3.89. The lowest BCUT2D eigenvalue weighted by atomic mass is 10.1. The van der Waals surface area contributed by atoms with Crippen LogP contribution in [0.15, 0.2) is 52.6 Å². The zero-order chi connectivity index (χ0) is 17.4. The van der Waals surface area contributed by atoms with Gasteiger partial charge in [-0.05, 0) is 55.4 Å². The standard InChI is InChI=1S/C19H16N4OS/c1-11-5-6-15(12(2)8-11)22-19-23-18(24)16(25-19)9-13-10-21-17-14(13)4-3-7-20-17/h3-10H,1-2H3,(H,20,21)(H,22,23,24)/b16-9-. The van der Waals surface area contributed by atoms with Crippen molar-refractivity contribution < 1.29 is 4.79 Å². The topological polar surface area (TPSA) is 70.1 Å². The van der Waals surface area contributed by atoms with Crippen molar-refractivity contribution >= 4 is 45.6 Å². The van der Waals surface area contributed by atoms with Gasteiger partial charge in [0, 0.05) is 23.3 Å². The van der Waals surface area contributed by atoms with Gasteiger partial charge in [-0.2, -0.15) is 0 Å². The third kappa shape index (κ3) is 3.08. The van der Waals surface area contributed by atoms with Crippen molar-refractivity contribution in [1.29, 1.82) is 0 Å². The first-order chi connectivity index (χ1) is 12.1. The summed E-state index contributed by atoms with van der Waals surface area (Å²) in [7, 11) is 0. The van der Waals surface area contributed by atoms with Gasteiger partial charge in [0.2, 0.25) is 0 Å². The van der Waals surface area contributed by atoms with E-state index in [2.05, 4.69) is 26.3 Å². The normalized spacial score (nSPS) is 17.6. The second-order valence-corrected chi connectivity index (χ2v) is 6.95. The van der Waals surface area contributed by atoms with Crippen molar-refractivity contribution in [1.82, 2.24) is 15.3 Å². The van der Waals surface area contributed by atoms with Crippen LogP contribution in [0.3, 0.4) is 0 Å². The smallest absolute Gasteiger partial charge is 0.264 e. The van der Waals surface area contributed by atoms with Crippen molar-refractivity contribution in [3.05, 3.63) is 64.3 Å². The molecule has 5 nitrogen and oxygen atoms in total. The molecule has 2 aromatic heterocycles. The molecular weight excluding hydrogens is 332 g/mol. The molecule has 6 heteroatoms. The molecule has 4 rings (SSSR count). The summed E-state index contributed by atoms with van der Waals surface area (Å²) in [5.74, 6) is -0.133. The Morgan fingerprint density at radius 1 is 1.24 bits per heavy atom. The largest absolute Gasteiger partial charge is 0.346 e. The summed E-state index contributed by atoms with van der Waals surface area (Å²) in [5.41, 5.74) is 4.89. The fourth-order valence-corrected chi connectivity index (χ4v) is 3.58. The highest BCUT2D eigenvalue weighted by atomic mass is 32.2. The van der Waals surface area contributed by atoms with Gasteiger partial charge in [-0.3, -0.25) is 4.79 Å². The Balaban J connectivity index is 1.65. The average Bonchev–Trinajstić information content (AvgIpc) is 3.15. The lowest BCUT2D eigenvalue weighted by Crippen LogP contribution is -2.19. The number of carbonyl (C=O) groups is 1. The van der Waals surface area contributed by atoms with E-state index in [0.717, 1.165) is 27.8 Å². The maximum Gasteiger partial charge on any atom is 0.264 e. The molecule has 0 saturated carbocycles. The number of amides is 1. The van der Waals surface area contributed by atoms with Crippen molar-refractivity contribution in [2.45, 2.75) is 13.8 Å². The summed E-state index contributed by atoms with van der Waals surface area (Å²) < 4.78 is 0. The molecule has 2 N–H and O–H groups in total. The van der Waals surface area contributed by atoms with E-state index in [1.54, 1.807) is 6.20 Å². The van der Waals surface area contributed by atoms with Crippen LogP contribution in [0.25, 0.3) is 17.1 Å². The number of carbonyl (C=O) groups excluding carboxylic acids is 1. The van der Waals surface area contributed by atoms with E-state index >= 15 is 0 Å². The number of benzene rings is 1. The molecule has 124 valence electrons. The van der Waals surface area contributed by atoms with Crippen molar-refractivity contribution in [3.63, 3.8) is 0 Å². The van der Waals surface area contributed by atoms with Gasteiger partial charge in [-0.15, -0.1) is 0 Å². The number of aliphatic imine (C=N–C) groups is 1. The minimum Gasteiger partial charge on any atom is -0.346 e. The van der Waals surface area contributed by atoms with Crippen LogP contribution < -0.4 is 5.32 Å². The molecule has 1 saturated heterocycles. The molecule has 0 unspecified atom stereocenters. The fourth-order valence-electron chi connectivity index (χ4n) is 2.76. The minimum atomic E-state index is -0.133. The monoisotopic (exact) mass is 348 g/mol. The van der Waals surface area contributed by atoms with Crippen LogP contribution in [0.4, 0.5) is 5.69 Å². The van der Waals surface area contributed by atoms with E-state index < -0.39 is 0 Å². The zero-order valence-corrected chi connectivity index (χ0v) is 14.6. The number of thioether (sulfide) groups is 1. The minimum absolute atomic E-state index is 0.133. The SMILES string of the molecule is Cc1ccc(/N=C2/NC(=O)/C(=C/c3c[nH]c4ncccc34)S2)c(C)c1. The summed E-state index contributed by atoms with van der Waals surface area (Å²) in [6.07, 6.45) is 5.46. The van der Waals surface area contributed by atoms with E-state index in [-0.39, 0.29) is 5.91 Å². The predicted octanol–water partition coefficient (Wildman–Crippen LogP) is 4.07. The number of amidine groups is 1. The fraction of sp³-hybridized carbons (Fsp3) is 0.105. The summed E-state index contributed by atoms with van der Waals surface area (Å²) >= 11 is 1.35. The second kappa shape index (κ2) is 6.22. The molecule has 25 heavy (non-hydrogen) atoms. The molecule has 1 aliphatic heterocycles. The molecule has 0 spiro atoms. The highest BCUT2D eigenvalue weighted by Gasteiger charge is 2.24. The van der Waals surface area contributed by atoms with Gasteiger partial charge in [-0.1, -0.05) is 17.7 Å². The molecule has 0 aliphatic carbocycles. The first kappa shape index (κ1) is 15.7. The van der Waals surface area contributed by atoms with E-state index in [4.69, 9.17) is 0 Å². The summed E-state index contributed by atoms with van der Waals surface area (Å²) in [5, 5.41) is 4.42. The third-order valence-electron chi connectivity index (χ3n) is 3.99. The van der Waals surface area contributed by atoms with Crippen LogP contribution >= 0.6 is 11.8 Å². The average molecular weight is 348 g/mol. The Hall–Kier alpha value is -2.86. The third-order valence-corrected chi connectivity index (χ3v) is 4.90. The number of aromatic amines is 1. The number of rotatable bonds is 2. The van der Waals surface area contributed by atoms with Crippen LogP contribution in [0, 0.1) is 13.8 Å². The Bertz CT molecular complexity index is 1050. The van der Waals surface area contributed by atoms with Crippen molar-refractivity contribution in [2.24, 2.45) is 4.99 Å². The van der Waals surface area contributed by atoms with Gasteiger partial charge in [0.15, 0.2) is 5.17 Å². The Labute approximate surface area is 149 Å². The highest BCUT2D eigenvalue weighted by molar-refractivity contribution is 8.18. The maximum atomic E-state index is 12.3. The van der Waals surface area contributed by atoms with Crippen LogP contribution in [0.5, 0.6) is 0 Å². The van der Waals surface area contributed by atoms with Gasteiger partial charge in [0.25, 0.3) is 5.91 Å². The van der Waals surface area contributed by atoms with Crippen molar-refractivity contribution in [3.8, 4) is 0 Å². The number of aromatic nitrogens is 2. The molecule has 1 amide bonds. The molecule has 3 heterocycles. The molecule has 0 radical (unpaired) electrons. The number of hydrogen-bond acceptors (Lipinski definition) is 4. The van der Waals surface area contributed by atoms with Gasteiger partial charge < -0.3 is 10.3 Å². The summed E-state index contributed by atoms with van der Waals surface area (Å²) in [4.78, 5) is 24.8. The number of H-pyrrole nitrogens is 1. The Morgan fingerprint density at radius 2 is 2.12 bits per heavy atom. The van der Waals surface area contributed by atoms with Gasteiger partial charge in [-0.25, -0.2) is 9.98 Å². The Morgan fingerprint density at radius 3 is 2.96 bits per heavy atom. The zero-order valence-electron chi connectivity index (χ0n) is 13.8. The van der Waals surface area contributed by atoms with Gasteiger partial charge >= 0.3 is 0 Å². The summed E-state index contributed by atoms with van der Waals surface area (Å²) in [6, 6.07) is 9.93. The summed E-state index contributed by atoms with van der Waals surface area (Å²) in [6.45, 7) is 4.07. The number of fused-ring (bicyclic) bond motifs is 1. The van der Waals surface area contributed by atoms with Crippen LogP contribution in [-0.2, 0) is 4.79 Å². The second-order valence-electron chi connectivity index (χ2n) is 5.92. The van der Waals surface area contributed by atoms with Crippen LogP contribution in [0.2, 0.25) is 0 Å². The first-order valence-electron chi connectivity index (χ1n) is 7.89. The van der Waals surface area contributed by atoms with E-state index in [0.29, 0.717) is 10.1 Å². The molecule has 0 bridgehead atoms. The highest BCUT2D eigenvalue weighted by Crippen LogP contribution is 2.30. The number of nitrogens with one attached hydrogen (secondary N) is 2.